The molecule has 3 N–H and O–H groups in total. The fourth-order valence-corrected chi connectivity index (χ4v) is 2.58. The molecule has 1 aliphatic rings. The minimum atomic E-state index is -0.832. The first-order chi connectivity index (χ1) is 8.00. The maximum absolute atomic E-state index is 13.1. The van der Waals surface area contributed by atoms with Crippen LogP contribution in [0.2, 0.25) is 5.02 Å². The summed E-state index contributed by atoms with van der Waals surface area (Å²) in [5, 5.41) is 10.9. The molecule has 1 saturated carbocycles. The first-order valence-corrected chi connectivity index (χ1v) is 6.27. The molecule has 1 aliphatic carbocycles. The Kier molecular flexibility index (Phi) is 3.59. The number of nitrogen functional groups attached to an aromatic ring is 1. The topological polar surface area (TPSA) is 46.2 Å². The van der Waals surface area contributed by atoms with E-state index >= 15 is 0 Å². The van der Waals surface area contributed by atoms with Gasteiger partial charge in [0.15, 0.2) is 0 Å². The second-order valence-electron chi connectivity index (χ2n) is 4.89. The van der Waals surface area contributed by atoms with Crippen molar-refractivity contribution >= 4 is 17.3 Å². The van der Waals surface area contributed by atoms with Crippen LogP contribution in [-0.2, 0) is 6.42 Å². The van der Waals surface area contributed by atoms with Crippen LogP contribution in [0.15, 0.2) is 18.2 Å². The summed E-state index contributed by atoms with van der Waals surface area (Å²) in [5.74, 6) is 0. The molecule has 0 saturated heterocycles. The molecule has 94 valence electrons. The number of hydrogen-bond donors (Lipinski definition) is 2. The SMILES string of the molecule is Nc1c(Cl)cccc1CC1(O)CCC(F)CC1. The third-order valence-corrected chi connectivity index (χ3v) is 3.84. The summed E-state index contributed by atoms with van der Waals surface area (Å²) >= 11 is 5.93. The molecule has 0 radical (unpaired) electrons. The number of aliphatic hydroxyl groups is 1. The molecule has 0 aliphatic heterocycles. The third-order valence-electron chi connectivity index (χ3n) is 3.51. The summed E-state index contributed by atoms with van der Waals surface area (Å²) in [4.78, 5) is 0. The van der Waals surface area contributed by atoms with E-state index in [9.17, 15) is 9.50 Å². The van der Waals surface area contributed by atoms with E-state index < -0.39 is 11.8 Å². The van der Waals surface area contributed by atoms with Gasteiger partial charge in [0.25, 0.3) is 0 Å². The van der Waals surface area contributed by atoms with Crippen molar-refractivity contribution in [2.45, 2.75) is 43.9 Å². The summed E-state index contributed by atoms with van der Waals surface area (Å²) in [6.45, 7) is 0. The van der Waals surface area contributed by atoms with Gasteiger partial charge in [-0.1, -0.05) is 23.7 Å². The van der Waals surface area contributed by atoms with Crippen molar-refractivity contribution in [3.8, 4) is 0 Å². The third kappa shape index (κ3) is 2.90. The number of halogens is 2. The zero-order valence-corrected chi connectivity index (χ0v) is 10.4. The van der Waals surface area contributed by atoms with Crippen molar-refractivity contribution in [1.82, 2.24) is 0 Å². The van der Waals surface area contributed by atoms with Gasteiger partial charge in [-0.25, -0.2) is 4.39 Å². The standard InChI is InChI=1S/C13H17ClFNO/c14-11-3-1-2-9(12(11)16)8-13(17)6-4-10(15)5-7-13/h1-3,10,17H,4-8,16H2. The van der Waals surface area contributed by atoms with Gasteiger partial charge >= 0.3 is 0 Å². The zero-order valence-electron chi connectivity index (χ0n) is 9.63. The predicted molar refractivity (Wildman–Crippen MR) is 67.9 cm³/mol. The summed E-state index contributed by atoms with van der Waals surface area (Å²) in [5.41, 5.74) is 6.40. The van der Waals surface area contributed by atoms with E-state index in [0.29, 0.717) is 42.8 Å². The Morgan fingerprint density at radius 3 is 2.71 bits per heavy atom. The van der Waals surface area contributed by atoms with Crippen LogP contribution < -0.4 is 5.73 Å². The van der Waals surface area contributed by atoms with Crippen molar-refractivity contribution < 1.29 is 9.50 Å². The molecule has 1 fully saturated rings. The van der Waals surface area contributed by atoms with E-state index in [1.54, 1.807) is 6.07 Å². The summed E-state index contributed by atoms with van der Waals surface area (Å²) in [7, 11) is 0. The Labute approximate surface area is 106 Å². The van der Waals surface area contributed by atoms with Crippen LogP contribution in [0.25, 0.3) is 0 Å². The molecule has 0 bridgehead atoms. The quantitative estimate of drug-likeness (QED) is 0.800. The molecular formula is C13H17ClFNO. The molecule has 0 heterocycles. The normalized spacial score (nSPS) is 29.2. The van der Waals surface area contributed by atoms with Crippen LogP contribution in [0, 0.1) is 0 Å². The monoisotopic (exact) mass is 257 g/mol. The van der Waals surface area contributed by atoms with E-state index in [-0.39, 0.29) is 0 Å². The number of benzene rings is 1. The number of para-hydroxylation sites is 1. The fourth-order valence-electron chi connectivity index (χ4n) is 2.39. The second kappa shape index (κ2) is 4.83. The van der Waals surface area contributed by atoms with Gasteiger partial charge in [0.2, 0.25) is 0 Å². The molecule has 17 heavy (non-hydrogen) atoms. The lowest BCUT2D eigenvalue weighted by molar-refractivity contribution is -0.0141. The number of anilines is 1. The van der Waals surface area contributed by atoms with Gasteiger partial charge in [-0.2, -0.15) is 0 Å². The number of nitrogens with two attached hydrogens (primary N) is 1. The fraction of sp³-hybridized carbons (Fsp3) is 0.538. The van der Waals surface area contributed by atoms with Gasteiger partial charge in [-0.3, -0.25) is 0 Å². The lowest BCUT2D eigenvalue weighted by Gasteiger charge is -2.34. The molecule has 0 spiro atoms. The molecular weight excluding hydrogens is 241 g/mol. The highest BCUT2D eigenvalue weighted by molar-refractivity contribution is 6.33. The van der Waals surface area contributed by atoms with Crippen molar-refractivity contribution in [3.05, 3.63) is 28.8 Å². The predicted octanol–water partition coefficient (Wildman–Crippen LogP) is 3.11. The minimum absolute atomic E-state index is 0.428. The molecule has 2 rings (SSSR count). The van der Waals surface area contributed by atoms with Gasteiger partial charge in [0, 0.05) is 6.42 Å². The van der Waals surface area contributed by atoms with Crippen LogP contribution in [0.1, 0.15) is 31.2 Å². The highest BCUT2D eigenvalue weighted by Crippen LogP contribution is 2.35. The van der Waals surface area contributed by atoms with Crippen LogP contribution in [0.4, 0.5) is 10.1 Å². The van der Waals surface area contributed by atoms with Crippen molar-refractivity contribution in [2.24, 2.45) is 0 Å². The van der Waals surface area contributed by atoms with Gasteiger partial charge in [0.1, 0.15) is 6.17 Å². The summed E-state index contributed by atoms with van der Waals surface area (Å²) < 4.78 is 13.1. The molecule has 2 nitrogen and oxygen atoms in total. The maximum atomic E-state index is 13.1. The van der Waals surface area contributed by atoms with E-state index in [2.05, 4.69) is 0 Å². The molecule has 1 aromatic carbocycles. The smallest absolute Gasteiger partial charge is 0.100 e. The molecule has 0 amide bonds. The van der Waals surface area contributed by atoms with Crippen LogP contribution in [0.3, 0.4) is 0 Å². The molecule has 1 aromatic rings. The van der Waals surface area contributed by atoms with Gasteiger partial charge in [0.05, 0.1) is 16.3 Å². The van der Waals surface area contributed by atoms with Crippen molar-refractivity contribution in [3.63, 3.8) is 0 Å². The van der Waals surface area contributed by atoms with Crippen LogP contribution >= 0.6 is 11.6 Å². The minimum Gasteiger partial charge on any atom is -0.397 e. The Morgan fingerprint density at radius 1 is 1.41 bits per heavy atom. The Hall–Kier alpha value is -0.800. The van der Waals surface area contributed by atoms with Crippen molar-refractivity contribution in [2.75, 3.05) is 5.73 Å². The van der Waals surface area contributed by atoms with E-state index in [1.165, 1.54) is 0 Å². The van der Waals surface area contributed by atoms with Crippen LogP contribution in [-0.4, -0.2) is 16.9 Å². The lowest BCUT2D eigenvalue weighted by atomic mass is 9.79. The lowest BCUT2D eigenvalue weighted by Crippen LogP contribution is -2.37. The van der Waals surface area contributed by atoms with Gasteiger partial charge in [-0.15, -0.1) is 0 Å². The highest BCUT2D eigenvalue weighted by Gasteiger charge is 2.33. The summed E-state index contributed by atoms with van der Waals surface area (Å²) in [6.07, 6.45) is 1.51. The first kappa shape index (κ1) is 12.7. The number of alkyl halides is 1. The number of rotatable bonds is 2. The highest BCUT2D eigenvalue weighted by atomic mass is 35.5. The molecule has 0 unspecified atom stereocenters. The van der Waals surface area contributed by atoms with Gasteiger partial charge < -0.3 is 10.8 Å². The van der Waals surface area contributed by atoms with E-state index in [4.69, 9.17) is 17.3 Å². The largest absolute Gasteiger partial charge is 0.397 e. The van der Waals surface area contributed by atoms with Gasteiger partial charge in [-0.05, 0) is 37.3 Å². The van der Waals surface area contributed by atoms with Crippen molar-refractivity contribution in [1.29, 1.82) is 0 Å². The average molecular weight is 258 g/mol. The zero-order chi connectivity index (χ0) is 12.5. The van der Waals surface area contributed by atoms with E-state index in [0.717, 1.165) is 5.56 Å². The summed E-state index contributed by atoms with van der Waals surface area (Å²) in [6, 6.07) is 5.40. The van der Waals surface area contributed by atoms with Crippen LogP contribution in [0.5, 0.6) is 0 Å². The molecule has 0 aromatic heterocycles. The first-order valence-electron chi connectivity index (χ1n) is 5.89. The average Bonchev–Trinajstić information content (AvgIpc) is 2.30. The van der Waals surface area contributed by atoms with E-state index in [1.807, 2.05) is 12.1 Å². The maximum Gasteiger partial charge on any atom is 0.100 e. The Bertz CT molecular complexity index is 402. The molecule has 0 atom stereocenters. The Balaban J connectivity index is 2.12. The number of hydrogen-bond acceptors (Lipinski definition) is 2. The molecule has 4 heteroatoms. The Morgan fingerprint density at radius 2 is 2.06 bits per heavy atom. The second-order valence-corrected chi connectivity index (χ2v) is 5.30.